The molecule has 0 aliphatic carbocycles. The molecule has 0 unspecified atom stereocenters. The van der Waals surface area contributed by atoms with Gasteiger partial charge in [-0.15, -0.1) is 0 Å². The second-order valence-corrected chi connectivity index (χ2v) is 3.06. The molecule has 0 fully saturated rings. The topological polar surface area (TPSA) is 29.5 Å². The lowest BCUT2D eigenvalue weighted by molar-refractivity contribution is 0.344. The minimum Gasteiger partial charge on any atom is -0.507 e. The minimum absolute atomic E-state index is 0.295. The van der Waals surface area contributed by atoms with E-state index in [-0.39, 0.29) is 0 Å². The number of benzene rings is 2. The fourth-order valence-corrected chi connectivity index (χ4v) is 1.54. The maximum Gasteiger partial charge on any atom is 0.127 e. The largest absolute Gasteiger partial charge is 0.507 e. The average Bonchev–Trinajstić information content (AvgIpc) is 2.23. The summed E-state index contributed by atoms with van der Waals surface area (Å²) in [6.07, 6.45) is 0. The van der Waals surface area contributed by atoms with E-state index in [9.17, 15) is 5.11 Å². The molecule has 0 bridgehead atoms. The fraction of sp³-hybridized carbons (Fsp3) is 0.167. The highest BCUT2D eigenvalue weighted by Gasteiger charge is 2.04. The maximum absolute atomic E-state index is 9.61. The standard InChI is InChI=1S/C12H12O2/c1-2-14-12-8-7-11(13)9-5-3-4-6-10(9)12/h3-8,13H,2H2,1H3. The van der Waals surface area contributed by atoms with Crippen molar-refractivity contribution in [1.29, 1.82) is 0 Å². The van der Waals surface area contributed by atoms with E-state index < -0.39 is 0 Å². The molecule has 14 heavy (non-hydrogen) atoms. The second kappa shape index (κ2) is 3.58. The van der Waals surface area contributed by atoms with Gasteiger partial charge in [0.25, 0.3) is 0 Å². The van der Waals surface area contributed by atoms with E-state index >= 15 is 0 Å². The molecule has 1 N–H and O–H groups in total. The van der Waals surface area contributed by atoms with Crippen LogP contribution in [0.25, 0.3) is 10.8 Å². The highest BCUT2D eigenvalue weighted by Crippen LogP contribution is 2.31. The molecule has 0 aliphatic heterocycles. The second-order valence-electron chi connectivity index (χ2n) is 3.06. The van der Waals surface area contributed by atoms with Crippen LogP contribution in [0.15, 0.2) is 36.4 Å². The lowest BCUT2D eigenvalue weighted by Crippen LogP contribution is -1.91. The van der Waals surface area contributed by atoms with Gasteiger partial charge in [-0.2, -0.15) is 0 Å². The normalized spacial score (nSPS) is 10.4. The third-order valence-electron chi connectivity index (χ3n) is 2.16. The Hall–Kier alpha value is -1.70. The van der Waals surface area contributed by atoms with Crippen molar-refractivity contribution in [2.45, 2.75) is 6.92 Å². The van der Waals surface area contributed by atoms with Crippen molar-refractivity contribution in [3.63, 3.8) is 0 Å². The number of phenolic OH excluding ortho intramolecular Hbond substituents is 1. The van der Waals surface area contributed by atoms with Gasteiger partial charge in [-0.1, -0.05) is 24.3 Å². The summed E-state index contributed by atoms with van der Waals surface area (Å²) in [6, 6.07) is 11.1. The van der Waals surface area contributed by atoms with Crippen molar-refractivity contribution >= 4 is 10.8 Å². The molecule has 0 aliphatic rings. The molecule has 0 aromatic heterocycles. The summed E-state index contributed by atoms with van der Waals surface area (Å²) in [5.41, 5.74) is 0. The lowest BCUT2D eigenvalue weighted by atomic mass is 10.1. The summed E-state index contributed by atoms with van der Waals surface area (Å²) in [5, 5.41) is 11.4. The van der Waals surface area contributed by atoms with Crippen LogP contribution in [0.4, 0.5) is 0 Å². The van der Waals surface area contributed by atoms with Crippen molar-refractivity contribution in [1.82, 2.24) is 0 Å². The summed E-state index contributed by atoms with van der Waals surface area (Å²) in [7, 11) is 0. The van der Waals surface area contributed by atoms with Crippen LogP contribution in [-0.4, -0.2) is 11.7 Å². The zero-order chi connectivity index (χ0) is 9.97. The third kappa shape index (κ3) is 1.39. The molecule has 0 amide bonds. The quantitative estimate of drug-likeness (QED) is 0.785. The lowest BCUT2D eigenvalue weighted by Gasteiger charge is -2.08. The predicted molar refractivity (Wildman–Crippen MR) is 56.8 cm³/mol. The minimum atomic E-state index is 0.295. The Morgan fingerprint density at radius 2 is 1.79 bits per heavy atom. The first-order chi connectivity index (χ1) is 6.83. The molecule has 2 aromatic rings. The average molecular weight is 188 g/mol. The number of phenols is 1. The van der Waals surface area contributed by atoms with Gasteiger partial charge >= 0.3 is 0 Å². The summed E-state index contributed by atoms with van der Waals surface area (Å²) >= 11 is 0. The first kappa shape index (κ1) is 8.88. The van der Waals surface area contributed by atoms with E-state index in [0.717, 1.165) is 16.5 Å². The molecule has 2 nitrogen and oxygen atoms in total. The van der Waals surface area contributed by atoms with Gasteiger partial charge in [0.15, 0.2) is 0 Å². The van der Waals surface area contributed by atoms with Crippen LogP contribution in [-0.2, 0) is 0 Å². The molecule has 0 spiro atoms. The fourth-order valence-electron chi connectivity index (χ4n) is 1.54. The van der Waals surface area contributed by atoms with E-state index in [1.54, 1.807) is 12.1 Å². The Labute approximate surface area is 82.8 Å². The Bertz CT molecular complexity index is 449. The molecule has 0 saturated heterocycles. The van der Waals surface area contributed by atoms with Crippen LogP contribution in [0, 0.1) is 0 Å². The Balaban J connectivity index is 2.68. The highest BCUT2D eigenvalue weighted by molar-refractivity contribution is 5.92. The van der Waals surface area contributed by atoms with Gasteiger partial charge in [0, 0.05) is 10.8 Å². The molecule has 0 atom stereocenters. The van der Waals surface area contributed by atoms with E-state index in [1.807, 2.05) is 31.2 Å². The molecule has 2 heteroatoms. The smallest absolute Gasteiger partial charge is 0.127 e. The summed E-state index contributed by atoms with van der Waals surface area (Å²) < 4.78 is 5.46. The number of aromatic hydroxyl groups is 1. The number of hydrogen-bond acceptors (Lipinski definition) is 2. The SMILES string of the molecule is CCOc1ccc(O)c2ccccc12. The molecule has 0 radical (unpaired) electrons. The monoisotopic (exact) mass is 188 g/mol. The van der Waals surface area contributed by atoms with Crippen LogP contribution >= 0.6 is 0 Å². The zero-order valence-electron chi connectivity index (χ0n) is 8.03. The van der Waals surface area contributed by atoms with E-state index in [0.29, 0.717) is 12.4 Å². The Morgan fingerprint density at radius 3 is 2.50 bits per heavy atom. The van der Waals surface area contributed by atoms with Gasteiger partial charge in [-0.25, -0.2) is 0 Å². The predicted octanol–water partition coefficient (Wildman–Crippen LogP) is 2.94. The van der Waals surface area contributed by atoms with Gasteiger partial charge in [-0.3, -0.25) is 0 Å². The van der Waals surface area contributed by atoms with Crippen LogP contribution in [0.5, 0.6) is 11.5 Å². The summed E-state index contributed by atoms with van der Waals surface area (Å²) in [5.74, 6) is 1.12. The number of fused-ring (bicyclic) bond motifs is 1. The molecule has 0 heterocycles. The maximum atomic E-state index is 9.61. The van der Waals surface area contributed by atoms with Crippen LogP contribution in [0.2, 0.25) is 0 Å². The van der Waals surface area contributed by atoms with Crippen LogP contribution in [0.3, 0.4) is 0 Å². The molecular weight excluding hydrogens is 176 g/mol. The van der Waals surface area contributed by atoms with Crippen LogP contribution < -0.4 is 4.74 Å². The number of ether oxygens (including phenoxy) is 1. The number of rotatable bonds is 2. The van der Waals surface area contributed by atoms with Gasteiger partial charge in [0.05, 0.1) is 6.61 Å². The van der Waals surface area contributed by atoms with Crippen molar-refractivity contribution < 1.29 is 9.84 Å². The van der Waals surface area contributed by atoms with Crippen molar-refractivity contribution in [2.75, 3.05) is 6.61 Å². The zero-order valence-corrected chi connectivity index (χ0v) is 8.03. The van der Waals surface area contributed by atoms with Crippen molar-refractivity contribution in [3.05, 3.63) is 36.4 Å². The molecule has 72 valence electrons. The van der Waals surface area contributed by atoms with Gasteiger partial charge in [0.1, 0.15) is 11.5 Å². The molecule has 0 saturated carbocycles. The van der Waals surface area contributed by atoms with Crippen LogP contribution in [0.1, 0.15) is 6.92 Å². The van der Waals surface area contributed by atoms with Crippen molar-refractivity contribution in [3.8, 4) is 11.5 Å². The Kier molecular flexibility index (Phi) is 2.27. The first-order valence-electron chi connectivity index (χ1n) is 4.66. The molecule has 2 rings (SSSR count). The Morgan fingerprint density at radius 1 is 1.07 bits per heavy atom. The van der Waals surface area contributed by atoms with E-state index in [2.05, 4.69) is 0 Å². The summed E-state index contributed by atoms with van der Waals surface area (Å²) in [6.45, 7) is 2.58. The van der Waals surface area contributed by atoms with Gasteiger partial charge in [-0.05, 0) is 19.1 Å². The first-order valence-corrected chi connectivity index (χ1v) is 4.66. The van der Waals surface area contributed by atoms with Gasteiger partial charge < -0.3 is 9.84 Å². The van der Waals surface area contributed by atoms with Crippen molar-refractivity contribution in [2.24, 2.45) is 0 Å². The third-order valence-corrected chi connectivity index (χ3v) is 2.16. The van der Waals surface area contributed by atoms with E-state index in [1.165, 1.54) is 0 Å². The van der Waals surface area contributed by atoms with E-state index in [4.69, 9.17) is 4.74 Å². The molecule has 2 aromatic carbocycles. The van der Waals surface area contributed by atoms with Gasteiger partial charge in [0.2, 0.25) is 0 Å². The highest BCUT2D eigenvalue weighted by atomic mass is 16.5. The molecular formula is C12H12O2. The number of hydrogen-bond donors (Lipinski definition) is 1. The summed E-state index contributed by atoms with van der Waals surface area (Å²) in [4.78, 5) is 0.